The van der Waals surface area contributed by atoms with E-state index in [2.05, 4.69) is 9.47 Å². The molecule has 1 aromatic carbocycles. The van der Waals surface area contributed by atoms with Crippen molar-refractivity contribution in [3.8, 4) is 0 Å². The number of carbonyl (C=O) groups excluding carboxylic acids is 1. The zero-order chi connectivity index (χ0) is 14.0. The summed E-state index contributed by atoms with van der Waals surface area (Å²) in [4.78, 5) is 10.0. The first kappa shape index (κ1) is 16.9. The molecule has 0 saturated heterocycles. The summed E-state index contributed by atoms with van der Waals surface area (Å²) < 4.78 is 8.61. The van der Waals surface area contributed by atoms with Crippen LogP contribution in [-0.4, -0.2) is 43.8 Å². The lowest BCUT2D eigenvalue weighted by Gasteiger charge is -2.19. The summed E-state index contributed by atoms with van der Waals surface area (Å²) in [5, 5.41) is 19.0. The maximum absolute atomic E-state index is 10.0. The topological polar surface area (TPSA) is 76.0 Å². The molecule has 0 amide bonds. The van der Waals surface area contributed by atoms with Gasteiger partial charge in [0.15, 0.2) is 0 Å². The van der Waals surface area contributed by atoms with Crippen molar-refractivity contribution < 1.29 is 24.5 Å². The van der Waals surface area contributed by atoms with E-state index in [-0.39, 0.29) is 13.1 Å². The highest BCUT2D eigenvalue weighted by molar-refractivity contribution is 6.30. The lowest BCUT2D eigenvalue weighted by atomic mass is 10.00. The Morgan fingerprint density at radius 3 is 2.22 bits per heavy atom. The minimum atomic E-state index is -1.35. The van der Waals surface area contributed by atoms with E-state index < -0.39 is 12.2 Å². The fraction of sp³-hybridized carbons (Fsp3) is 0.417. The van der Waals surface area contributed by atoms with E-state index in [0.29, 0.717) is 10.6 Å². The van der Waals surface area contributed by atoms with Gasteiger partial charge in [0, 0.05) is 19.2 Å². The van der Waals surface area contributed by atoms with Gasteiger partial charge in [-0.1, -0.05) is 23.7 Å². The van der Waals surface area contributed by atoms with Crippen LogP contribution in [0.1, 0.15) is 11.5 Å². The Hall–Kier alpha value is -1.14. The van der Waals surface area contributed by atoms with Crippen molar-refractivity contribution in [2.24, 2.45) is 0 Å². The molecule has 1 rings (SSSR count). The molecule has 0 aromatic heterocycles. The van der Waals surface area contributed by atoms with E-state index in [1.807, 2.05) is 0 Å². The number of hydrogen-bond acceptors (Lipinski definition) is 5. The minimum absolute atomic E-state index is 0.142. The third-order valence-corrected chi connectivity index (χ3v) is 2.29. The highest BCUT2D eigenvalue weighted by Gasteiger charge is 2.21. The molecule has 0 aliphatic carbocycles. The zero-order valence-electron chi connectivity index (χ0n) is 10.2. The van der Waals surface area contributed by atoms with Gasteiger partial charge in [-0.05, 0) is 17.7 Å². The van der Waals surface area contributed by atoms with Crippen molar-refractivity contribution in [3.63, 3.8) is 0 Å². The van der Waals surface area contributed by atoms with Gasteiger partial charge in [-0.25, -0.2) is 0 Å². The molecule has 0 heterocycles. The van der Waals surface area contributed by atoms with E-state index in [9.17, 15) is 9.90 Å². The van der Waals surface area contributed by atoms with Gasteiger partial charge in [0.1, 0.15) is 0 Å². The maximum atomic E-state index is 10.0. The second-order valence-electron chi connectivity index (χ2n) is 3.37. The summed E-state index contributed by atoms with van der Waals surface area (Å²) in [6.07, 6.45) is -1.35. The molecule has 5 nitrogen and oxygen atoms in total. The van der Waals surface area contributed by atoms with Gasteiger partial charge in [-0.15, -0.1) is 0 Å². The summed E-state index contributed by atoms with van der Waals surface area (Å²) in [5.74, 6) is -0.660. The Bertz CT molecular complexity index is 328. The van der Waals surface area contributed by atoms with Gasteiger partial charge in [0.2, 0.25) is 6.29 Å². The SMILES string of the molecule is COC.O=COC(O)C(CO)c1ccc(Cl)cc1. The van der Waals surface area contributed by atoms with Crippen LogP contribution in [0.4, 0.5) is 0 Å². The van der Waals surface area contributed by atoms with Crippen LogP contribution >= 0.6 is 11.6 Å². The molecular weight excluding hydrogens is 260 g/mol. The van der Waals surface area contributed by atoms with Gasteiger partial charge in [0.25, 0.3) is 6.47 Å². The van der Waals surface area contributed by atoms with Gasteiger partial charge in [-0.3, -0.25) is 4.79 Å². The Morgan fingerprint density at radius 1 is 1.33 bits per heavy atom. The third-order valence-electron chi connectivity index (χ3n) is 2.03. The molecule has 0 fully saturated rings. The largest absolute Gasteiger partial charge is 0.437 e. The summed E-state index contributed by atoms with van der Waals surface area (Å²) >= 11 is 5.69. The second-order valence-corrected chi connectivity index (χ2v) is 3.81. The first-order chi connectivity index (χ1) is 8.60. The predicted molar refractivity (Wildman–Crippen MR) is 67.4 cm³/mol. The smallest absolute Gasteiger partial charge is 0.295 e. The number of halogens is 1. The summed E-state index contributed by atoms with van der Waals surface area (Å²) in [6, 6.07) is 6.57. The molecule has 2 unspecified atom stereocenters. The summed E-state index contributed by atoms with van der Waals surface area (Å²) in [5.41, 5.74) is 0.649. The average molecular weight is 277 g/mol. The van der Waals surface area contributed by atoms with Crippen molar-refractivity contribution in [1.29, 1.82) is 0 Å². The summed E-state index contributed by atoms with van der Waals surface area (Å²) in [7, 11) is 3.25. The number of ether oxygens (including phenoxy) is 2. The molecule has 102 valence electrons. The zero-order valence-corrected chi connectivity index (χ0v) is 11.0. The number of methoxy groups -OCH3 is 1. The number of aliphatic hydroxyl groups excluding tert-OH is 2. The van der Waals surface area contributed by atoms with E-state index in [1.54, 1.807) is 38.5 Å². The van der Waals surface area contributed by atoms with Crippen molar-refractivity contribution in [3.05, 3.63) is 34.9 Å². The van der Waals surface area contributed by atoms with Gasteiger partial charge >= 0.3 is 0 Å². The predicted octanol–water partition coefficient (Wildman–Crippen LogP) is 1.17. The number of rotatable bonds is 5. The van der Waals surface area contributed by atoms with Gasteiger partial charge < -0.3 is 19.7 Å². The van der Waals surface area contributed by atoms with E-state index in [0.717, 1.165) is 0 Å². The van der Waals surface area contributed by atoms with Crippen LogP contribution in [0.25, 0.3) is 0 Å². The first-order valence-electron chi connectivity index (χ1n) is 5.14. The molecule has 1 aromatic rings. The molecule has 0 saturated carbocycles. The molecule has 0 bridgehead atoms. The number of carbonyl (C=O) groups is 1. The van der Waals surface area contributed by atoms with E-state index >= 15 is 0 Å². The Morgan fingerprint density at radius 2 is 1.83 bits per heavy atom. The lowest BCUT2D eigenvalue weighted by Crippen LogP contribution is -2.24. The Kier molecular flexibility index (Phi) is 9.22. The fourth-order valence-corrected chi connectivity index (χ4v) is 1.35. The maximum Gasteiger partial charge on any atom is 0.295 e. The highest BCUT2D eigenvalue weighted by Crippen LogP contribution is 2.21. The molecular formula is C12H17ClO5. The standard InChI is InChI=1S/C10H11ClO4.C2H6O/c11-8-3-1-7(2-4-8)9(5-12)10(14)15-6-13;1-3-2/h1-4,6,9-10,12,14H,5H2;1-2H3. The van der Waals surface area contributed by atoms with Crippen LogP contribution in [-0.2, 0) is 14.3 Å². The van der Waals surface area contributed by atoms with E-state index in [4.69, 9.17) is 16.7 Å². The fourth-order valence-electron chi connectivity index (χ4n) is 1.22. The lowest BCUT2D eigenvalue weighted by molar-refractivity contribution is -0.157. The van der Waals surface area contributed by atoms with Crippen LogP contribution in [0.5, 0.6) is 0 Å². The molecule has 2 N–H and O–H groups in total. The third kappa shape index (κ3) is 5.97. The molecule has 18 heavy (non-hydrogen) atoms. The average Bonchev–Trinajstić information content (AvgIpc) is 2.34. The van der Waals surface area contributed by atoms with Gasteiger partial charge in [-0.2, -0.15) is 0 Å². The number of aliphatic hydroxyl groups is 2. The first-order valence-corrected chi connectivity index (χ1v) is 5.52. The Balaban J connectivity index is 0.000000873. The monoisotopic (exact) mass is 276 g/mol. The summed E-state index contributed by atoms with van der Waals surface area (Å²) in [6.45, 7) is -0.181. The minimum Gasteiger partial charge on any atom is -0.437 e. The van der Waals surface area contributed by atoms with Crippen molar-refractivity contribution in [2.75, 3.05) is 20.8 Å². The molecule has 6 heteroatoms. The highest BCUT2D eigenvalue weighted by atomic mass is 35.5. The number of benzene rings is 1. The van der Waals surface area contributed by atoms with Crippen molar-refractivity contribution >= 4 is 18.1 Å². The van der Waals surface area contributed by atoms with Gasteiger partial charge in [0.05, 0.1) is 12.5 Å². The van der Waals surface area contributed by atoms with Crippen LogP contribution in [0.15, 0.2) is 24.3 Å². The van der Waals surface area contributed by atoms with Crippen LogP contribution in [0, 0.1) is 0 Å². The molecule has 0 aliphatic heterocycles. The number of hydrogen-bond donors (Lipinski definition) is 2. The molecule has 0 spiro atoms. The van der Waals surface area contributed by atoms with Crippen molar-refractivity contribution in [2.45, 2.75) is 12.2 Å². The normalized spacial score (nSPS) is 12.9. The van der Waals surface area contributed by atoms with Crippen LogP contribution < -0.4 is 0 Å². The Labute approximate surface area is 111 Å². The molecule has 0 radical (unpaired) electrons. The van der Waals surface area contributed by atoms with E-state index in [1.165, 1.54) is 0 Å². The molecule has 2 atom stereocenters. The second kappa shape index (κ2) is 9.85. The van der Waals surface area contributed by atoms with Crippen LogP contribution in [0.3, 0.4) is 0 Å². The molecule has 0 aliphatic rings. The quantitative estimate of drug-likeness (QED) is 0.624. The van der Waals surface area contributed by atoms with Crippen molar-refractivity contribution in [1.82, 2.24) is 0 Å². The van der Waals surface area contributed by atoms with Crippen LogP contribution in [0.2, 0.25) is 5.02 Å².